The number of benzene rings is 1. The Morgan fingerprint density at radius 1 is 1.22 bits per heavy atom. The molecule has 1 aromatic rings. The summed E-state index contributed by atoms with van der Waals surface area (Å²) in [7, 11) is 0. The number of hydrogen-bond donors (Lipinski definition) is 1. The predicted octanol–water partition coefficient (Wildman–Crippen LogP) is 3.16. The van der Waals surface area contributed by atoms with Crippen molar-refractivity contribution in [3.8, 4) is 5.75 Å². The molecular weight excluding hydrogens is 226 g/mol. The minimum absolute atomic E-state index is 0.363. The number of rotatable bonds is 9. The predicted molar refractivity (Wildman–Crippen MR) is 75.1 cm³/mol. The normalized spacial score (nSPS) is 12.4. The molecule has 18 heavy (non-hydrogen) atoms. The molecule has 1 rings (SSSR count). The quantitative estimate of drug-likeness (QED) is 0.684. The Kier molecular flexibility index (Phi) is 7.46. The maximum atomic E-state index is 5.71. The van der Waals surface area contributed by atoms with Crippen LogP contribution in [0.3, 0.4) is 0 Å². The van der Waals surface area contributed by atoms with E-state index in [2.05, 4.69) is 31.3 Å². The van der Waals surface area contributed by atoms with Crippen LogP contribution in [0.5, 0.6) is 5.75 Å². The Labute approximate surface area is 110 Å². The lowest BCUT2D eigenvalue weighted by molar-refractivity contribution is 0.131. The Morgan fingerprint density at radius 3 is 2.78 bits per heavy atom. The van der Waals surface area contributed by atoms with Gasteiger partial charge < -0.3 is 14.8 Å². The van der Waals surface area contributed by atoms with E-state index in [1.807, 2.05) is 19.1 Å². The molecule has 0 saturated heterocycles. The standard InChI is InChI=1S/C15H25NO2/c1-4-16-13(3)14-8-6-9-15(12-14)18-11-7-10-17-5-2/h6,8-9,12-13,16H,4-5,7,10-11H2,1-3H3. The van der Waals surface area contributed by atoms with Gasteiger partial charge in [0.15, 0.2) is 0 Å². The van der Waals surface area contributed by atoms with Crippen LogP contribution in [0.1, 0.15) is 38.8 Å². The van der Waals surface area contributed by atoms with E-state index in [9.17, 15) is 0 Å². The summed E-state index contributed by atoms with van der Waals surface area (Å²) in [5.74, 6) is 0.939. The first-order chi connectivity index (χ1) is 8.77. The van der Waals surface area contributed by atoms with Crippen molar-refractivity contribution in [1.82, 2.24) is 5.32 Å². The van der Waals surface area contributed by atoms with Gasteiger partial charge in [-0.2, -0.15) is 0 Å². The molecule has 0 saturated carbocycles. The van der Waals surface area contributed by atoms with Gasteiger partial charge in [0, 0.05) is 25.7 Å². The van der Waals surface area contributed by atoms with E-state index in [4.69, 9.17) is 9.47 Å². The van der Waals surface area contributed by atoms with Crippen LogP contribution in [0.2, 0.25) is 0 Å². The van der Waals surface area contributed by atoms with Crippen LogP contribution in [0.4, 0.5) is 0 Å². The van der Waals surface area contributed by atoms with Gasteiger partial charge in [0.2, 0.25) is 0 Å². The Balaban J connectivity index is 2.39. The first kappa shape index (κ1) is 15.0. The zero-order valence-corrected chi connectivity index (χ0v) is 11.7. The first-order valence-corrected chi connectivity index (χ1v) is 6.81. The van der Waals surface area contributed by atoms with Gasteiger partial charge >= 0.3 is 0 Å². The first-order valence-electron chi connectivity index (χ1n) is 6.81. The van der Waals surface area contributed by atoms with Crippen LogP contribution in [0.15, 0.2) is 24.3 Å². The second kappa shape index (κ2) is 8.95. The fourth-order valence-electron chi connectivity index (χ4n) is 1.79. The summed E-state index contributed by atoms with van der Waals surface area (Å²) in [6.07, 6.45) is 0.931. The average molecular weight is 251 g/mol. The van der Waals surface area contributed by atoms with Gasteiger partial charge in [-0.05, 0) is 38.1 Å². The fourth-order valence-corrected chi connectivity index (χ4v) is 1.79. The number of ether oxygens (including phenoxy) is 2. The highest BCUT2D eigenvalue weighted by Crippen LogP contribution is 2.19. The fraction of sp³-hybridized carbons (Fsp3) is 0.600. The van der Waals surface area contributed by atoms with Crippen LogP contribution in [0.25, 0.3) is 0 Å². The van der Waals surface area contributed by atoms with Crippen molar-refractivity contribution in [2.24, 2.45) is 0 Å². The maximum absolute atomic E-state index is 5.71. The van der Waals surface area contributed by atoms with Crippen molar-refractivity contribution in [3.05, 3.63) is 29.8 Å². The van der Waals surface area contributed by atoms with Gasteiger partial charge in [0.05, 0.1) is 6.61 Å². The number of nitrogens with one attached hydrogen (secondary N) is 1. The summed E-state index contributed by atoms with van der Waals surface area (Å²) in [5.41, 5.74) is 1.26. The Morgan fingerprint density at radius 2 is 2.06 bits per heavy atom. The molecule has 0 aliphatic rings. The summed E-state index contributed by atoms with van der Waals surface area (Å²) in [6, 6.07) is 8.64. The second-order valence-electron chi connectivity index (χ2n) is 4.25. The highest BCUT2D eigenvalue weighted by Gasteiger charge is 2.04. The highest BCUT2D eigenvalue weighted by molar-refractivity contribution is 5.30. The summed E-state index contributed by atoms with van der Waals surface area (Å²) in [5, 5.41) is 3.40. The third-order valence-corrected chi connectivity index (χ3v) is 2.77. The minimum atomic E-state index is 0.363. The zero-order chi connectivity index (χ0) is 13.2. The Bertz CT molecular complexity index is 328. The molecule has 0 fully saturated rings. The van der Waals surface area contributed by atoms with Crippen LogP contribution in [0, 0.1) is 0 Å². The van der Waals surface area contributed by atoms with Gasteiger partial charge in [-0.25, -0.2) is 0 Å². The molecule has 0 spiro atoms. The molecule has 1 unspecified atom stereocenters. The Hall–Kier alpha value is -1.06. The van der Waals surface area contributed by atoms with Gasteiger partial charge in [-0.15, -0.1) is 0 Å². The molecule has 0 aliphatic carbocycles. The van der Waals surface area contributed by atoms with Crippen molar-refractivity contribution in [2.75, 3.05) is 26.4 Å². The smallest absolute Gasteiger partial charge is 0.119 e. The molecule has 0 amide bonds. The molecule has 0 aromatic heterocycles. The van der Waals surface area contributed by atoms with Crippen LogP contribution in [-0.4, -0.2) is 26.4 Å². The van der Waals surface area contributed by atoms with Crippen molar-refractivity contribution in [3.63, 3.8) is 0 Å². The number of hydrogen-bond acceptors (Lipinski definition) is 3. The van der Waals surface area contributed by atoms with E-state index in [0.717, 1.165) is 31.9 Å². The summed E-state index contributed by atoms with van der Waals surface area (Å²) in [6.45, 7) is 9.51. The molecule has 1 aromatic carbocycles. The lowest BCUT2D eigenvalue weighted by atomic mass is 10.1. The summed E-state index contributed by atoms with van der Waals surface area (Å²) in [4.78, 5) is 0. The third-order valence-electron chi connectivity index (χ3n) is 2.77. The monoisotopic (exact) mass is 251 g/mol. The van der Waals surface area contributed by atoms with Crippen molar-refractivity contribution < 1.29 is 9.47 Å². The van der Waals surface area contributed by atoms with E-state index in [-0.39, 0.29) is 0 Å². The van der Waals surface area contributed by atoms with Crippen LogP contribution < -0.4 is 10.1 Å². The molecule has 1 atom stereocenters. The largest absolute Gasteiger partial charge is 0.493 e. The van der Waals surface area contributed by atoms with Crippen molar-refractivity contribution in [1.29, 1.82) is 0 Å². The molecule has 0 aliphatic heterocycles. The molecule has 3 heteroatoms. The SMILES string of the molecule is CCNC(C)c1cccc(OCCCOCC)c1. The summed E-state index contributed by atoms with van der Waals surface area (Å²) < 4.78 is 11.0. The van der Waals surface area contributed by atoms with Gasteiger partial charge in [-0.1, -0.05) is 19.1 Å². The van der Waals surface area contributed by atoms with Gasteiger partial charge in [-0.3, -0.25) is 0 Å². The van der Waals surface area contributed by atoms with Crippen LogP contribution in [-0.2, 0) is 4.74 Å². The topological polar surface area (TPSA) is 30.5 Å². The summed E-state index contributed by atoms with van der Waals surface area (Å²) >= 11 is 0. The van der Waals surface area contributed by atoms with E-state index in [0.29, 0.717) is 12.6 Å². The molecule has 0 heterocycles. The second-order valence-corrected chi connectivity index (χ2v) is 4.25. The lowest BCUT2D eigenvalue weighted by Gasteiger charge is -2.14. The molecule has 0 bridgehead atoms. The molecule has 1 N–H and O–H groups in total. The van der Waals surface area contributed by atoms with Gasteiger partial charge in [0.1, 0.15) is 5.75 Å². The maximum Gasteiger partial charge on any atom is 0.119 e. The van der Waals surface area contributed by atoms with E-state index < -0.39 is 0 Å². The van der Waals surface area contributed by atoms with Crippen LogP contribution >= 0.6 is 0 Å². The van der Waals surface area contributed by atoms with Crippen molar-refractivity contribution >= 4 is 0 Å². The minimum Gasteiger partial charge on any atom is -0.493 e. The molecule has 0 radical (unpaired) electrons. The molecular formula is C15H25NO2. The molecule has 102 valence electrons. The van der Waals surface area contributed by atoms with Gasteiger partial charge in [0.25, 0.3) is 0 Å². The van der Waals surface area contributed by atoms with E-state index in [1.54, 1.807) is 0 Å². The van der Waals surface area contributed by atoms with E-state index >= 15 is 0 Å². The van der Waals surface area contributed by atoms with Crippen molar-refractivity contribution in [2.45, 2.75) is 33.2 Å². The highest BCUT2D eigenvalue weighted by atomic mass is 16.5. The molecule has 3 nitrogen and oxygen atoms in total. The zero-order valence-electron chi connectivity index (χ0n) is 11.7. The van der Waals surface area contributed by atoms with E-state index in [1.165, 1.54) is 5.56 Å². The third kappa shape index (κ3) is 5.52. The average Bonchev–Trinajstić information content (AvgIpc) is 2.39. The lowest BCUT2D eigenvalue weighted by Crippen LogP contribution is -2.17.